The van der Waals surface area contributed by atoms with Gasteiger partial charge in [-0.05, 0) is 73.3 Å². The van der Waals surface area contributed by atoms with Gasteiger partial charge >= 0.3 is 6.18 Å². The van der Waals surface area contributed by atoms with Crippen LogP contribution in [0, 0.1) is 5.92 Å². The molecular weight excluding hydrogens is 441 g/mol. The number of aromatic nitrogens is 2. The van der Waals surface area contributed by atoms with E-state index in [2.05, 4.69) is 26.7 Å². The molecular formula is C26H27F3N4O. The lowest BCUT2D eigenvalue weighted by Crippen LogP contribution is -2.09. The second-order valence-electron chi connectivity index (χ2n) is 9.12. The highest BCUT2D eigenvalue weighted by atomic mass is 19.4. The number of rotatable bonds is 8. The first kappa shape index (κ1) is 22.7. The van der Waals surface area contributed by atoms with Crippen LogP contribution < -0.4 is 10.6 Å². The molecule has 0 bridgehead atoms. The molecule has 1 aromatic heterocycles. The van der Waals surface area contributed by atoms with Crippen molar-refractivity contribution in [1.82, 2.24) is 9.97 Å². The average molecular weight is 469 g/mol. The summed E-state index contributed by atoms with van der Waals surface area (Å²) in [5.41, 5.74) is 4.35. The van der Waals surface area contributed by atoms with Crippen LogP contribution in [-0.4, -0.2) is 28.2 Å². The van der Waals surface area contributed by atoms with Gasteiger partial charge < -0.3 is 15.7 Å². The Hall–Kier alpha value is -3.13. The third-order valence-corrected chi connectivity index (χ3v) is 6.70. The Morgan fingerprint density at radius 2 is 1.85 bits per heavy atom. The summed E-state index contributed by atoms with van der Waals surface area (Å²) in [6.07, 6.45) is 1.90. The minimum atomic E-state index is -4.41. The van der Waals surface area contributed by atoms with E-state index in [1.165, 1.54) is 23.5 Å². The van der Waals surface area contributed by atoms with Crippen molar-refractivity contribution in [3.05, 3.63) is 65.5 Å². The molecule has 0 amide bonds. The fourth-order valence-electron chi connectivity index (χ4n) is 4.69. The zero-order chi connectivity index (χ0) is 23.7. The molecule has 0 saturated heterocycles. The van der Waals surface area contributed by atoms with Crippen molar-refractivity contribution in [2.45, 2.75) is 44.2 Å². The topological polar surface area (TPSA) is 70.1 Å². The maximum atomic E-state index is 13.3. The van der Waals surface area contributed by atoms with Crippen LogP contribution in [0.4, 0.5) is 30.4 Å². The van der Waals surface area contributed by atoms with Crippen LogP contribution in [-0.2, 0) is 12.6 Å². The first-order valence-electron chi connectivity index (χ1n) is 11.7. The molecule has 1 atom stereocenters. The number of anilines is 3. The van der Waals surface area contributed by atoms with Crippen LogP contribution in [0.1, 0.15) is 48.3 Å². The van der Waals surface area contributed by atoms with Crippen molar-refractivity contribution >= 4 is 17.2 Å². The number of nitrogens with zero attached hydrogens (tertiary/aromatic N) is 2. The summed E-state index contributed by atoms with van der Waals surface area (Å²) in [5, 5.41) is 15.9. The molecule has 3 aromatic rings. The second kappa shape index (κ2) is 9.25. The Kier molecular flexibility index (Phi) is 6.16. The molecule has 5 nitrogen and oxygen atoms in total. The Balaban J connectivity index is 1.44. The number of hydrogen-bond acceptors (Lipinski definition) is 5. The van der Waals surface area contributed by atoms with Crippen molar-refractivity contribution < 1.29 is 18.3 Å². The van der Waals surface area contributed by atoms with Crippen LogP contribution in [0.25, 0.3) is 11.3 Å². The van der Waals surface area contributed by atoms with E-state index in [4.69, 9.17) is 0 Å². The molecule has 0 aliphatic heterocycles. The highest BCUT2D eigenvalue weighted by Crippen LogP contribution is 2.40. The van der Waals surface area contributed by atoms with E-state index in [9.17, 15) is 18.3 Å². The summed E-state index contributed by atoms with van der Waals surface area (Å²) < 4.78 is 40.0. The van der Waals surface area contributed by atoms with Gasteiger partial charge in [0.25, 0.3) is 0 Å². The molecule has 1 heterocycles. The lowest BCUT2D eigenvalue weighted by atomic mass is 9.98. The first-order valence-corrected chi connectivity index (χ1v) is 11.7. The predicted molar refractivity (Wildman–Crippen MR) is 126 cm³/mol. The Morgan fingerprint density at radius 1 is 1.00 bits per heavy atom. The highest BCUT2D eigenvalue weighted by Gasteiger charge is 2.31. The number of benzene rings is 2. The lowest BCUT2D eigenvalue weighted by molar-refractivity contribution is -0.137. The van der Waals surface area contributed by atoms with E-state index in [0.29, 0.717) is 41.1 Å². The summed E-state index contributed by atoms with van der Waals surface area (Å²) in [6.45, 7) is 0.816. The van der Waals surface area contributed by atoms with Crippen molar-refractivity contribution in [3.63, 3.8) is 0 Å². The van der Waals surface area contributed by atoms with Gasteiger partial charge in [0.1, 0.15) is 12.1 Å². The van der Waals surface area contributed by atoms with Gasteiger partial charge in [-0.2, -0.15) is 13.2 Å². The van der Waals surface area contributed by atoms with Crippen LogP contribution in [0.3, 0.4) is 0 Å². The molecule has 8 heteroatoms. The van der Waals surface area contributed by atoms with Crippen LogP contribution >= 0.6 is 0 Å². The quantitative estimate of drug-likeness (QED) is 0.370. The number of aliphatic hydroxyl groups excluding tert-OH is 1. The normalized spacial score (nSPS) is 17.5. The predicted octanol–water partition coefficient (Wildman–Crippen LogP) is 6.14. The van der Waals surface area contributed by atoms with Gasteiger partial charge in [0.05, 0.1) is 11.3 Å². The summed E-state index contributed by atoms with van der Waals surface area (Å²) in [5.74, 6) is 1.45. The lowest BCUT2D eigenvalue weighted by Gasteiger charge is -2.16. The molecule has 0 spiro atoms. The number of alkyl halides is 3. The van der Waals surface area contributed by atoms with Gasteiger partial charge in [-0.1, -0.05) is 18.2 Å². The van der Waals surface area contributed by atoms with E-state index in [1.54, 1.807) is 6.07 Å². The molecule has 178 valence electrons. The maximum absolute atomic E-state index is 13.3. The van der Waals surface area contributed by atoms with Crippen molar-refractivity contribution in [1.29, 1.82) is 0 Å². The van der Waals surface area contributed by atoms with Crippen LogP contribution in [0.2, 0.25) is 0 Å². The molecule has 1 saturated carbocycles. The van der Waals surface area contributed by atoms with Gasteiger partial charge in [0, 0.05) is 36.2 Å². The Bertz CT molecular complexity index is 1180. The van der Waals surface area contributed by atoms with E-state index in [0.717, 1.165) is 49.9 Å². The number of fused-ring (bicyclic) bond motifs is 1. The molecule has 0 radical (unpaired) electrons. The molecule has 3 N–H and O–H groups in total. The summed E-state index contributed by atoms with van der Waals surface area (Å²) in [7, 11) is 0. The largest absolute Gasteiger partial charge is 0.416 e. The van der Waals surface area contributed by atoms with E-state index in [-0.39, 0.29) is 6.61 Å². The molecule has 2 aromatic carbocycles. The standard InChI is InChI=1S/C26H27F3N4O/c27-26(28,29)18-7-9-21(23(12-18)30-14-16-4-5-16)24-13-25(32-15-31-24)33-22-3-1-2-19-17(10-11-34)6-8-20(19)22/h1-3,7,9,12-13,15-17,30,34H,4-6,8,10-11,14H2,(H,31,32,33). The average Bonchev–Trinajstić information content (AvgIpc) is 3.57. The van der Waals surface area contributed by atoms with Crippen molar-refractivity contribution in [2.24, 2.45) is 5.92 Å². The SMILES string of the molecule is OCCC1CCc2c(Nc3cc(-c4ccc(C(F)(F)F)cc4NCC4CC4)ncn3)cccc21. The summed E-state index contributed by atoms with van der Waals surface area (Å²) in [4.78, 5) is 8.70. The summed E-state index contributed by atoms with van der Waals surface area (Å²) >= 11 is 0. The molecule has 34 heavy (non-hydrogen) atoms. The van der Waals surface area contributed by atoms with E-state index in [1.807, 2.05) is 12.1 Å². The third-order valence-electron chi connectivity index (χ3n) is 6.70. The van der Waals surface area contributed by atoms with E-state index < -0.39 is 11.7 Å². The van der Waals surface area contributed by atoms with Crippen molar-refractivity contribution in [2.75, 3.05) is 23.8 Å². The second-order valence-corrected chi connectivity index (χ2v) is 9.12. The zero-order valence-electron chi connectivity index (χ0n) is 18.7. The van der Waals surface area contributed by atoms with Crippen LogP contribution in [0.15, 0.2) is 48.8 Å². The Labute approximate surface area is 196 Å². The van der Waals surface area contributed by atoms with Crippen LogP contribution in [0.5, 0.6) is 0 Å². The van der Waals surface area contributed by atoms with E-state index >= 15 is 0 Å². The number of aliphatic hydroxyl groups is 1. The molecule has 2 aliphatic rings. The number of halogens is 3. The Morgan fingerprint density at radius 3 is 2.62 bits per heavy atom. The third kappa shape index (κ3) is 4.87. The first-order chi connectivity index (χ1) is 16.4. The van der Waals surface area contributed by atoms with Gasteiger partial charge in [0.15, 0.2) is 0 Å². The highest BCUT2D eigenvalue weighted by molar-refractivity contribution is 5.78. The van der Waals surface area contributed by atoms with Gasteiger partial charge in [0.2, 0.25) is 0 Å². The molecule has 5 rings (SSSR count). The minimum absolute atomic E-state index is 0.168. The monoisotopic (exact) mass is 468 g/mol. The smallest absolute Gasteiger partial charge is 0.396 e. The summed E-state index contributed by atoms with van der Waals surface area (Å²) in [6, 6.07) is 11.6. The number of hydrogen-bond donors (Lipinski definition) is 3. The van der Waals surface area contributed by atoms with Gasteiger partial charge in [-0.25, -0.2) is 9.97 Å². The van der Waals surface area contributed by atoms with Crippen molar-refractivity contribution in [3.8, 4) is 11.3 Å². The molecule has 2 aliphatic carbocycles. The molecule has 1 fully saturated rings. The van der Waals surface area contributed by atoms with Gasteiger partial charge in [-0.15, -0.1) is 0 Å². The maximum Gasteiger partial charge on any atom is 0.416 e. The molecule has 1 unspecified atom stereocenters. The zero-order valence-corrected chi connectivity index (χ0v) is 18.7. The van der Waals surface area contributed by atoms with Gasteiger partial charge in [-0.3, -0.25) is 0 Å². The minimum Gasteiger partial charge on any atom is -0.396 e. The fourth-order valence-corrected chi connectivity index (χ4v) is 4.69. The fraction of sp³-hybridized carbons (Fsp3) is 0.385. The number of nitrogens with one attached hydrogen (secondary N) is 2.